The Balaban J connectivity index is 1.99. The van der Waals surface area contributed by atoms with Crippen LogP contribution < -0.4 is 10.6 Å². The van der Waals surface area contributed by atoms with Gasteiger partial charge in [-0.2, -0.15) is 5.10 Å². The van der Waals surface area contributed by atoms with Crippen molar-refractivity contribution in [3.05, 3.63) is 42.2 Å². The highest BCUT2D eigenvalue weighted by atomic mass is 16.5. The number of carbonyl (C=O) groups is 3. The monoisotopic (exact) mass is 388 g/mol. The molecule has 150 valence electrons. The Morgan fingerprint density at radius 1 is 1.21 bits per heavy atom. The van der Waals surface area contributed by atoms with Crippen molar-refractivity contribution in [1.82, 2.24) is 9.78 Å². The Bertz CT molecular complexity index is 860. The van der Waals surface area contributed by atoms with Crippen molar-refractivity contribution in [2.75, 3.05) is 17.2 Å². The highest BCUT2D eigenvalue weighted by molar-refractivity contribution is 5.99. The van der Waals surface area contributed by atoms with E-state index < -0.39 is 23.5 Å². The van der Waals surface area contributed by atoms with Crippen LogP contribution >= 0.6 is 0 Å². The Kier molecular flexibility index (Phi) is 6.75. The normalized spacial score (nSPS) is 11.0. The maximum Gasteiger partial charge on any atom is 0.333 e. The zero-order valence-electron chi connectivity index (χ0n) is 16.1. The number of urea groups is 1. The molecule has 2 rings (SSSR count). The molecule has 0 unspecified atom stereocenters. The van der Waals surface area contributed by atoms with E-state index in [9.17, 15) is 14.4 Å². The number of nitrogens with zero attached hydrogens (tertiary/aromatic N) is 2. The van der Waals surface area contributed by atoms with Gasteiger partial charge in [0.1, 0.15) is 0 Å². The highest BCUT2D eigenvalue weighted by Crippen LogP contribution is 2.19. The SMILES string of the molecule is CCOC(=O)C(C)(C)n1cc(NC(=O)Nc2cccc(CCC(=O)O)c2)cn1. The van der Waals surface area contributed by atoms with Gasteiger partial charge >= 0.3 is 18.0 Å². The first-order valence-electron chi connectivity index (χ1n) is 8.83. The van der Waals surface area contributed by atoms with E-state index in [1.807, 2.05) is 0 Å². The number of aromatic nitrogens is 2. The third-order valence-electron chi connectivity index (χ3n) is 4.00. The van der Waals surface area contributed by atoms with E-state index in [2.05, 4.69) is 15.7 Å². The molecule has 0 spiro atoms. The lowest BCUT2D eigenvalue weighted by Crippen LogP contribution is -2.37. The van der Waals surface area contributed by atoms with E-state index in [0.29, 0.717) is 17.8 Å². The molecule has 9 heteroatoms. The summed E-state index contributed by atoms with van der Waals surface area (Å²) in [5, 5.41) is 18.2. The largest absolute Gasteiger partial charge is 0.481 e. The van der Waals surface area contributed by atoms with Gasteiger partial charge in [-0.15, -0.1) is 0 Å². The third kappa shape index (κ3) is 5.57. The molecular formula is C19H24N4O5. The molecule has 0 radical (unpaired) electrons. The summed E-state index contributed by atoms with van der Waals surface area (Å²) in [6.07, 6.45) is 3.37. The summed E-state index contributed by atoms with van der Waals surface area (Å²) in [5.74, 6) is -1.30. The highest BCUT2D eigenvalue weighted by Gasteiger charge is 2.32. The van der Waals surface area contributed by atoms with Crippen LogP contribution in [0.1, 0.15) is 32.8 Å². The van der Waals surface area contributed by atoms with Gasteiger partial charge in [0.25, 0.3) is 0 Å². The van der Waals surface area contributed by atoms with Crippen LogP contribution in [0.15, 0.2) is 36.7 Å². The Morgan fingerprint density at radius 2 is 1.93 bits per heavy atom. The van der Waals surface area contributed by atoms with Crippen LogP contribution in [0.4, 0.5) is 16.2 Å². The topological polar surface area (TPSA) is 123 Å². The van der Waals surface area contributed by atoms with Crippen molar-refractivity contribution < 1.29 is 24.2 Å². The average Bonchev–Trinajstić information content (AvgIpc) is 3.09. The molecule has 1 aromatic heterocycles. The lowest BCUT2D eigenvalue weighted by Gasteiger charge is -2.22. The summed E-state index contributed by atoms with van der Waals surface area (Å²) in [6.45, 7) is 5.34. The molecule has 2 aromatic rings. The van der Waals surface area contributed by atoms with E-state index in [1.165, 1.54) is 10.9 Å². The molecule has 0 aliphatic rings. The van der Waals surface area contributed by atoms with Gasteiger partial charge in [0.15, 0.2) is 5.54 Å². The molecule has 2 amide bonds. The summed E-state index contributed by atoms with van der Waals surface area (Å²) in [5.41, 5.74) is 0.756. The number of esters is 1. The second-order valence-corrected chi connectivity index (χ2v) is 6.63. The Morgan fingerprint density at radius 3 is 2.61 bits per heavy atom. The number of ether oxygens (including phenoxy) is 1. The summed E-state index contributed by atoms with van der Waals surface area (Å²) in [4.78, 5) is 34.9. The van der Waals surface area contributed by atoms with E-state index in [4.69, 9.17) is 9.84 Å². The molecule has 28 heavy (non-hydrogen) atoms. The van der Waals surface area contributed by atoms with E-state index in [0.717, 1.165) is 5.56 Å². The van der Waals surface area contributed by atoms with Gasteiger partial charge in [-0.1, -0.05) is 12.1 Å². The van der Waals surface area contributed by atoms with Gasteiger partial charge < -0.3 is 20.5 Å². The van der Waals surface area contributed by atoms with Crippen LogP contribution in [0.2, 0.25) is 0 Å². The maximum absolute atomic E-state index is 12.2. The summed E-state index contributed by atoms with van der Waals surface area (Å²) in [7, 11) is 0. The van der Waals surface area contributed by atoms with Crippen molar-refractivity contribution in [3.63, 3.8) is 0 Å². The minimum atomic E-state index is -1.01. The molecular weight excluding hydrogens is 364 g/mol. The fraction of sp³-hybridized carbons (Fsp3) is 0.368. The zero-order valence-corrected chi connectivity index (χ0v) is 16.1. The average molecular weight is 388 g/mol. The molecule has 0 saturated carbocycles. The second-order valence-electron chi connectivity index (χ2n) is 6.63. The minimum absolute atomic E-state index is 0.0189. The van der Waals surface area contributed by atoms with Crippen molar-refractivity contribution in [2.45, 2.75) is 39.2 Å². The predicted molar refractivity (Wildman–Crippen MR) is 103 cm³/mol. The molecule has 1 aromatic carbocycles. The molecule has 0 atom stereocenters. The van der Waals surface area contributed by atoms with E-state index in [-0.39, 0.29) is 13.0 Å². The minimum Gasteiger partial charge on any atom is -0.481 e. The van der Waals surface area contributed by atoms with Crippen molar-refractivity contribution >= 4 is 29.3 Å². The predicted octanol–water partition coefficient (Wildman–Crippen LogP) is 2.84. The van der Waals surface area contributed by atoms with E-state index in [1.54, 1.807) is 51.2 Å². The number of carbonyl (C=O) groups excluding carboxylic acids is 2. The van der Waals surface area contributed by atoms with Crippen LogP contribution in [-0.4, -0.2) is 39.5 Å². The molecule has 3 N–H and O–H groups in total. The van der Waals surface area contributed by atoms with Gasteiger partial charge in [0.05, 0.1) is 18.5 Å². The summed E-state index contributed by atoms with van der Waals surface area (Å²) >= 11 is 0. The Hall–Kier alpha value is -3.36. The number of hydrogen-bond acceptors (Lipinski definition) is 5. The Labute approximate surface area is 162 Å². The summed E-state index contributed by atoms with van der Waals surface area (Å²) in [6, 6.07) is 6.48. The number of aryl methyl sites for hydroxylation is 1. The molecule has 0 aliphatic heterocycles. The fourth-order valence-electron chi connectivity index (χ4n) is 2.44. The van der Waals surface area contributed by atoms with Crippen molar-refractivity contribution in [2.24, 2.45) is 0 Å². The number of rotatable bonds is 8. The van der Waals surface area contributed by atoms with Crippen LogP contribution in [0.25, 0.3) is 0 Å². The first kappa shape index (κ1) is 20.9. The molecule has 0 aliphatic carbocycles. The summed E-state index contributed by atoms with van der Waals surface area (Å²) < 4.78 is 6.46. The van der Waals surface area contributed by atoms with Gasteiger partial charge in [-0.3, -0.25) is 9.48 Å². The zero-order chi connectivity index (χ0) is 20.7. The van der Waals surface area contributed by atoms with E-state index >= 15 is 0 Å². The first-order valence-corrected chi connectivity index (χ1v) is 8.83. The number of benzene rings is 1. The van der Waals surface area contributed by atoms with Crippen LogP contribution in [0, 0.1) is 0 Å². The van der Waals surface area contributed by atoms with Gasteiger partial charge in [0.2, 0.25) is 0 Å². The van der Waals surface area contributed by atoms with Gasteiger partial charge in [0, 0.05) is 18.3 Å². The van der Waals surface area contributed by atoms with Gasteiger partial charge in [-0.25, -0.2) is 9.59 Å². The lowest BCUT2D eigenvalue weighted by atomic mass is 10.1. The van der Waals surface area contributed by atoms with Crippen molar-refractivity contribution in [3.8, 4) is 0 Å². The number of carboxylic acids is 1. The smallest absolute Gasteiger partial charge is 0.333 e. The van der Waals surface area contributed by atoms with Crippen LogP contribution in [-0.2, 0) is 26.3 Å². The maximum atomic E-state index is 12.2. The molecule has 0 saturated heterocycles. The lowest BCUT2D eigenvalue weighted by molar-refractivity contribution is -0.152. The van der Waals surface area contributed by atoms with Crippen LogP contribution in [0.5, 0.6) is 0 Å². The molecule has 9 nitrogen and oxygen atoms in total. The number of anilines is 2. The standard InChI is InChI=1S/C19H24N4O5/c1-4-28-17(26)19(2,3)23-12-15(11-20-23)22-18(27)21-14-7-5-6-13(10-14)8-9-16(24)25/h5-7,10-12H,4,8-9H2,1-3H3,(H,24,25)(H2,21,22,27). The quantitative estimate of drug-likeness (QED) is 0.598. The third-order valence-corrected chi connectivity index (χ3v) is 4.00. The molecule has 0 fully saturated rings. The van der Waals surface area contributed by atoms with Gasteiger partial charge in [-0.05, 0) is 44.9 Å². The number of nitrogens with one attached hydrogen (secondary N) is 2. The second kappa shape index (κ2) is 9.03. The number of aliphatic carboxylic acids is 1. The van der Waals surface area contributed by atoms with Crippen LogP contribution in [0.3, 0.4) is 0 Å². The molecule has 1 heterocycles. The first-order chi connectivity index (χ1) is 13.2. The number of carboxylic acid groups (broad SMARTS) is 1. The van der Waals surface area contributed by atoms with Crippen molar-refractivity contribution in [1.29, 1.82) is 0 Å². The molecule has 0 bridgehead atoms. The number of amides is 2. The fourth-order valence-corrected chi connectivity index (χ4v) is 2.44. The number of hydrogen-bond donors (Lipinski definition) is 3.